The van der Waals surface area contributed by atoms with E-state index in [1.54, 1.807) is 0 Å². The summed E-state index contributed by atoms with van der Waals surface area (Å²) in [5.74, 6) is -0.460. The van der Waals surface area contributed by atoms with E-state index in [2.05, 4.69) is 9.72 Å². The van der Waals surface area contributed by atoms with Crippen molar-refractivity contribution in [2.24, 2.45) is 0 Å². The number of ether oxygens (including phenoxy) is 1. The van der Waals surface area contributed by atoms with E-state index >= 15 is 0 Å². The molecule has 1 aromatic carbocycles. The van der Waals surface area contributed by atoms with Crippen molar-refractivity contribution in [2.45, 2.75) is 6.92 Å². The molecule has 0 amide bonds. The molecule has 0 aliphatic heterocycles. The van der Waals surface area contributed by atoms with Crippen LogP contribution in [0.4, 0.5) is 10.8 Å². The molecule has 6 heteroatoms. The molecule has 4 nitrogen and oxygen atoms in total. The number of hydrogen-bond donors (Lipinski definition) is 0. The number of hydrogen-bond acceptors (Lipinski definition) is 5. The number of esters is 1. The summed E-state index contributed by atoms with van der Waals surface area (Å²) in [6, 6.07) is 9.82. The van der Waals surface area contributed by atoms with Crippen LogP contribution in [-0.2, 0) is 4.74 Å². The number of methoxy groups -OCH3 is 1. The quantitative estimate of drug-likeness (QED) is 0.806. The van der Waals surface area contributed by atoms with Crippen molar-refractivity contribution in [3.05, 3.63) is 40.4 Å². The fourth-order valence-electron chi connectivity index (χ4n) is 1.66. The van der Waals surface area contributed by atoms with E-state index in [-0.39, 0.29) is 5.15 Å². The van der Waals surface area contributed by atoms with Crippen LogP contribution in [0.1, 0.15) is 16.6 Å². The van der Waals surface area contributed by atoms with E-state index in [0.29, 0.717) is 10.0 Å². The zero-order valence-corrected chi connectivity index (χ0v) is 12.2. The van der Waals surface area contributed by atoms with Gasteiger partial charge in [0.25, 0.3) is 0 Å². The number of carbonyl (C=O) groups excluding carboxylic acids is 1. The average molecular weight is 297 g/mol. The maximum Gasteiger partial charge on any atom is 0.351 e. The molecule has 0 aliphatic carbocycles. The van der Waals surface area contributed by atoms with Crippen LogP contribution < -0.4 is 4.90 Å². The maximum atomic E-state index is 11.5. The first kappa shape index (κ1) is 13.8. The number of halogens is 1. The third kappa shape index (κ3) is 2.88. The average Bonchev–Trinajstić information content (AvgIpc) is 2.82. The second kappa shape index (κ2) is 6.04. The Labute approximate surface area is 120 Å². The highest BCUT2D eigenvalue weighted by atomic mass is 35.5. The van der Waals surface area contributed by atoms with Gasteiger partial charge in [-0.1, -0.05) is 41.1 Å². The first-order valence-corrected chi connectivity index (χ1v) is 6.94. The molecule has 19 heavy (non-hydrogen) atoms. The second-order valence-electron chi connectivity index (χ2n) is 3.69. The number of thiazole rings is 1. The number of nitrogens with zero attached hydrogens (tertiary/aromatic N) is 2. The fraction of sp³-hybridized carbons (Fsp3) is 0.231. The molecule has 1 heterocycles. The Bertz CT molecular complexity index is 571. The number of anilines is 2. The molecule has 0 saturated carbocycles. The van der Waals surface area contributed by atoms with Gasteiger partial charge in [0.15, 0.2) is 15.2 Å². The molecule has 1 aromatic heterocycles. The maximum absolute atomic E-state index is 11.5. The van der Waals surface area contributed by atoms with Crippen LogP contribution in [0.25, 0.3) is 0 Å². The summed E-state index contributed by atoms with van der Waals surface area (Å²) in [5, 5.41) is 0.861. The normalized spacial score (nSPS) is 10.3. The topological polar surface area (TPSA) is 42.4 Å². The molecule has 0 fully saturated rings. The highest BCUT2D eigenvalue weighted by molar-refractivity contribution is 7.18. The molecular formula is C13H13ClN2O2S. The Kier molecular flexibility index (Phi) is 4.39. The summed E-state index contributed by atoms with van der Waals surface area (Å²) in [6.07, 6.45) is 0. The van der Waals surface area contributed by atoms with E-state index in [0.717, 1.165) is 12.2 Å². The molecule has 0 radical (unpaired) electrons. The van der Waals surface area contributed by atoms with Gasteiger partial charge >= 0.3 is 5.97 Å². The molecule has 0 unspecified atom stereocenters. The smallest absolute Gasteiger partial charge is 0.351 e. The van der Waals surface area contributed by atoms with Gasteiger partial charge in [0.05, 0.1) is 7.11 Å². The van der Waals surface area contributed by atoms with E-state index in [4.69, 9.17) is 11.6 Å². The van der Waals surface area contributed by atoms with Gasteiger partial charge in [-0.15, -0.1) is 0 Å². The first-order chi connectivity index (χ1) is 9.17. The molecule has 0 aliphatic rings. The Morgan fingerprint density at radius 3 is 2.68 bits per heavy atom. The summed E-state index contributed by atoms with van der Waals surface area (Å²) >= 11 is 7.21. The van der Waals surface area contributed by atoms with Gasteiger partial charge in [-0.25, -0.2) is 9.78 Å². The lowest BCUT2D eigenvalue weighted by Gasteiger charge is -2.19. The van der Waals surface area contributed by atoms with Crippen LogP contribution in [0.5, 0.6) is 0 Å². The Balaban J connectivity index is 2.37. The summed E-state index contributed by atoms with van der Waals surface area (Å²) < 4.78 is 4.68. The van der Waals surface area contributed by atoms with E-state index in [1.807, 2.05) is 42.2 Å². The molecule has 0 saturated heterocycles. The lowest BCUT2D eigenvalue weighted by molar-refractivity contribution is 0.0606. The number of rotatable bonds is 4. The zero-order valence-electron chi connectivity index (χ0n) is 10.6. The van der Waals surface area contributed by atoms with E-state index in [1.165, 1.54) is 18.4 Å². The van der Waals surface area contributed by atoms with Gasteiger partial charge in [0.2, 0.25) is 0 Å². The Hall–Kier alpha value is -1.59. The van der Waals surface area contributed by atoms with Crippen LogP contribution >= 0.6 is 22.9 Å². The molecule has 0 spiro atoms. The van der Waals surface area contributed by atoms with Crippen molar-refractivity contribution in [2.75, 3.05) is 18.6 Å². The standard InChI is InChI=1S/C13H13ClN2O2S/c1-3-16(9-7-5-4-6-8-9)13-15-11(14)10(19-13)12(17)18-2/h4-8H,3H2,1-2H3. The summed E-state index contributed by atoms with van der Waals surface area (Å²) in [5.41, 5.74) is 1.01. The van der Waals surface area contributed by atoms with Crippen LogP contribution in [0.3, 0.4) is 0 Å². The lowest BCUT2D eigenvalue weighted by Crippen LogP contribution is -2.15. The van der Waals surface area contributed by atoms with Gasteiger partial charge in [-0.3, -0.25) is 0 Å². The minimum absolute atomic E-state index is 0.182. The van der Waals surface area contributed by atoms with Crippen molar-refractivity contribution < 1.29 is 9.53 Å². The number of para-hydroxylation sites is 1. The zero-order chi connectivity index (χ0) is 13.8. The third-order valence-electron chi connectivity index (χ3n) is 2.56. The van der Waals surface area contributed by atoms with Gasteiger partial charge in [0.1, 0.15) is 0 Å². The third-order valence-corrected chi connectivity index (χ3v) is 4.00. The molecule has 100 valence electrons. The Morgan fingerprint density at radius 1 is 1.42 bits per heavy atom. The van der Waals surface area contributed by atoms with Crippen molar-refractivity contribution >= 4 is 39.7 Å². The molecule has 0 N–H and O–H groups in total. The molecule has 0 bridgehead atoms. The van der Waals surface area contributed by atoms with Gasteiger partial charge in [-0.2, -0.15) is 0 Å². The summed E-state index contributed by atoms with van der Waals surface area (Å²) in [6.45, 7) is 2.74. The van der Waals surface area contributed by atoms with Crippen molar-refractivity contribution in [3.8, 4) is 0 Å². The van der Waals surface area contributed by atoms with Crippen molar-refractivity contribution in [1.29, 1.82) is 0 Å². The summed E-state index contributed by atoms with van der Waals surface area (Å²) in [7, 11) is 1.33. The van der Waals surface area contributed by atoms with Crippen molar-refractivity contribution in [3.63, 3.8) is 0 Å². The first-order valence-electron chi connectivity index (χ1n) is 5.74. The SMILES string of the molecule is CCN(c1ccccc1)c1nc(Cl)c(C(=O)OC)s1. The van der Waals surface area contributed by atoms with Crippen LogP contribution in [0.15, 0.2) is 30.3 Å². The summed E-state index contributed by atoms with van der Waals surface area (Å²) in [4.78, 5) is 18.1. The predicted octanol–water partition coefficient (Wildman–Crippen LogP) is 3.74. The van der Waals surface area contributed by atoms with Gasteiger partial charge < -0.3 is 9.64 Å². The van der Waals surface area contributed by atoms with E-state index in [9.17, 15) is 4.79 Å². The fourth-order valence-corrected chi connectivity index (χ4v) is 2.94. The van der Waals surface area contributed by atoms with Crippen LogP contribution in [0, 0.1) is 0 Å². The number of benzene rings is 1. The Morgan fingerprint density at radius 2 is 2.11 bits per heavy atom. The molecule has 2 rings (SSSR count). The van der Waals surface area contributed by atoms with E-state index < -0.39 is 5.97 Å². The van der Waals surface area contributed by atoms with Crippen LogP contribution in [-0.4, -0.2) is 24.6 Å². The largest absolute Gasteiger partial charge is 0.465 e. The molecule has 2 aromatic rings. The number of aromatic nitrogens is 1. The highest BCUT2D eigenvalue weighted by Gasteiger charge is 2.20. The van der Waals surface area contributed by atoms with Crippen LogP contribution in [0.2, 0.25) is 5.15 Å². The second-order valence-corrected chi connectivity index (χ2v) is 5.02. The van der Waals surface area contributed by atoms with Gasteiger partial charge in [-0.05, 0) is 19.1 Å². The minimum atomic E-state index is -0.460. The van der Waals surface area contributed by atoms with Gasteiger partial charge in [0, 0.05) is 12.2 Å². The van der Waals surface area contributed by atoms with Crippen molar-refractivity contribution in [1.82, 2.24) is 4.98 Å². The minimum Gasteiger partial charge on any atom is -0.465 e. The molecular weight excluding hydrogens is 284 g/mol. The monoisotopic (exact) mass is 296 g/mol. The molecule has 0 atom stereocenters. The number of carbonyl (C=O) groups is 1. The predicted molar refractivity (Wildman–Crippen MR) is 77.6 cm³/mol. The lowest BCUT2D eigenvalue weighted by atomic mass is 10.3. The highest BCUT2D eigenvalue weighted by Crippen LogP contribution is 2.33.